The molecule has 0 saturated carbocycles. The third kappa shape index (κ3) is 3.50. The van der Waals surface area contributed by atoms with Crippen molar-refractivity contribution in [1.82, 2.24) is 10.3 Å². The van der Waals surface area contributed by atoms with E-state index in [0.29, 0.717) is 6.61 Å². The molecule has 26 heavy (non-hydrogen) atoms. The molecule has 0 aromatic heterocycles. The van der Waals surface area contributed by atoms with Gasteiger partial charge < -0.3 is 4.74 Å². The number of nitrogens with zero attached hydrogens (tertiary/aromatic N) is 2. The average Bonchev–Trinajstić information content (AvgIpc) is 2.97. The maximum Gasteiger partial charge on any atom is 0.318 e. The Hall–Kier alpha value is -1.88. The van der Waals surface area contributed by atoms with Crippen LogP contribution in [0.5, 0.6) is 0 Å². The summed E-state index contributed by atoms with van der Waals surface area (Å²) in [5.74, 6) is -0.571. The van der Waals surface area contributed by atoms with Crippen LogP contribution in [0.2, 0.25) is 0 Å². The Bertz CT molecular complexity index is 708. The van der Waals surface area contributed by atoms with E-state index in [4.69, 9.17) is 4.74 Å². The number of hydrogen-bond acceptors (Lipinski definition) is 5. The van der Waals surface area contributed by atoms with Crippen LogP contribution in [0, 0.1) is 25.2 Å². The van der Waals surface area contributed by atoms with Crippen LogP contribution in [-0.4, -0.2) is 36.0 Å². The number of esters is 1. The zero-order valence-electron chi connectivity index (χ0n) is 16.7. The highest BCUT2D eigenvalue weighted by molar-refractivity contribution is 5.91. The predicted octanol–water partition coefficient (Wildman–Crippen LogP) is 3.56. The molecule has 4 atom stereocenters. The summed E-state index contributed by atoms with van der Waals surface area (Å²) >= 11 is 0. The van der Waals surface area contributed by atoms with Crippen LogP contribution < -0.4 is 5.32 Å². The number of fused-ring (bicyclic) bond motifs is 1. The van der Waals surface area contributed by atoms with Crippen molar-refractivity contribution in [2.24, 2.45) is 16.4 Å². The van der Waals surface area contributed by atoms with E-state index in [-0.39, 0.29) is 35.6 Å². The fourth-order valence-corrected chi connectivity index (χ4v) is 4.03. The molecular weight excluding hydrogens is 326 g/mol. The first-order valence-electron chi connectivity index (χ1n) is 9.54. The summed E-state index contributed by atoms with van der Waals surface area (Å²) in [5.41, 5.74) is 3.92. The highest BCUT2D eigenvalue weighted by Gasteiger charge is 2.47. The van der Waals surface area contributed by atoms with E-state index >= 15 is 0 Å². The molecule has 142 valence electrons. The summed E-state index contributed by atoms with van der Waals surface area (Å²) in [5, 5.41) is 10.4. The molecule has 1 fully saturated rings. The van der Waals surface area contributed by atoms with Crippen LogP contribution >= 0.6 is 0 Å². The molecule has 5 nitrogen and oxygen atoms in total. The number of rotatable bonds is 3. The van der Waals surface area contributed by atoms with E-state index in [1.807, 2.05) is 6.92 Å². The highest BCUT2D eigenvalue weighted by atomic mass is 16.5. The number of carbonyl (C=O) groups is 1. The van der Waals surface area contributed by atoms with Gasteiger partial charge in [0.1, 0.15) is 12.1 Å². The molecule has 5 heteroatoms. The van der Waals surface area contributed by atoms with E-state index in [2.05, 4.69) is 68.2 Å². The minimum Gasteiger partial charge on any atom is -0.465 e. The Morgan fingerprint density at radius 1 is 1.35 bits per heavy atom. The predicted molar refractivity (Wildman–Crippen MR) is 104 cm³/mol. The molecule has 0 bridgehead atoms. The summed E-state index contributed by atoms with van der Waals surface area (Å²) in [4.78, 5) is 12.4. The maximum atomic E-state index is 12.4. The monoisotopic (exact) mass is 357 g/mol. The molecule has 1 aromatic rings. The lowest BCUT2D eigenvalue weighted by molar-refractivity contribution is -0.148. The fourth-order valence-electron chi connectivity index (χ4n) is 4.03. The largest absolute Gasteiger partial charge is 0.465 e. The van der Waals surface area contributed by atoms with E-state index in [0.717, 1.165) is 6.42 Å². The number of carbonyl (C=O) groups excluding carboxylic acids is 1. The van der Waals surface area contributed by atoms with Crippen LogP contribution in [0.1, 0.15) is 56.8 Å². The lowest BCUT2D eigenvalue weighted by Gasteiger charge is -2.47. The standard InChI is InChI=1S/C21H31N3O2/c1-7-26-20(25)16-12-22-24-17(15-9-8-13(2)10-14(15)3)11-18(21(4,5)6)23-19(16)24/h8-10,12,16-19,23H,7,11H2,1-6H3. The van der Waals surface area contributed by atoms with Gasteiger partial charge in [-0.2, -0.15) is 5.10 Å². The van der Waals surface area contributed by atoms with Gasteiger partial charge in [-0.25, -0.2) is 0 Å². The second-order valence-electron chi connectivity index (χ2n) is 8.56. The zero-order chi connectivity index (χ0) is 19.1. The van der Waals surface area contributed by atoms with E-state index < -0.39 is 0 Å². The van der Waals surface area contributed by atoms with Gasteiger partial charge >= 0.3 is 5.97 Å². The minimum absolute atomic E-state index is 0.0880. The third-order valence-electron chi connectivity index (χ3n) is 5.52. The number of benzene rings is 1. The molecule has 0 amide bonds. The number of hydrogen-bond donors (Lipinski definition) is 1. The lowest BCUT2D eigenvalue weighted by atomic mass is 9.78. The van der Waals surface area contributed by atoms with Crippen LogP contribution in [0.3, 0.4) is 0 Å². The fraction of sp³-hybridized carbons (Fsp3) is 0.619. The summed E-state index contributed by atoms with van der Waals surface area (Å²) in [7, 11) is 0. The smallest absolute Gasteiger partial charge is 0.318 e. The molecule has 1 aromatic carbocycles. The Labute approximate surface area is 156 Å². The minimum atomic E-state index is -0.367. The summed E-state index contributed by atoms with van der Waals surface area (Å²) in [6.45, 7) is 13.2. The van der Waals surface area contributed by atoms with Crippen molar-refractivity contribution in [3.8, 4) is 0 Å². The van der Waals surface area contributed by atoms with Crippen molar-refractivity contribution >= 4 is 12.2 Å². The van der Waals surface area contributed by atoms with Crippen LogP contribution in [0.25, 0.3) is 0 Å². The molecular formula is C21H31N3O2. The summed E-state index contributed by atoms with van der Waals surface area (Å²) < 4.78 is 5.28. The topological polar surface area (TPSA) is 53.9 Å². The average molecular weight is 357 g/mol. The van der Waals surface area contributed by atoms with Gasteiger partial charge in [-0.15, -0.1) is 0 Å². The van der Waals surface area contributed by atoms with E-state index in [1.165, 1.54) is 16.7 Å². The quantitative estimate of drug-likeness (QED) is 0.841. The van der Waals surface area contributed by atoms with Gasteiger partial charge in [0.25, 0.3) is 0 Å². The van der Waals surface area contributed by atoms with Crippen molar-refractivity contribution < 1.29 is 9.53 Å². The van der Waals surface area contributed by atoms with Crippen LogP contribution in [0.4, 0.5) is 0 Å². The number of hydrazone groups is 1. The van der Waals surface area contributed by atoms with Gasteiger partial charge in [0.2, 0.25) is 0 Å². The van der Waals surface area contributed by atoms with Crippen molar-refractivity contribution in [2.75, 3.05) is 6.61 Å². The Morgan fingerprint density at radius 3 is 2.69 bits per heavy atom. The normalized spacial score (nSPS) is 28.2. The van der Waals surface area contributed by atoms with E-state index in [1.54, 1.807) is 6.21 Å². The van der Waals surface area contributed by atoms with Gasteiger partial charge in [-0.3, -0.25) is 15.1 Å². The molecule has 2 aliphatic rings. The Kier molecular flexibility index (Phi) is 5.11. The first-order chi connectivity index (χ1) is 12.2. The molecule has 1 N–H and O–H groups in total. The molecule has 0 radical (unpaired) electrons. The SMILES string of the molecule is CCOC(=O)C1C=NN2C(c3ccc(C)cc3C)CC(C(C)(C)C)NC12. The molecule has 3 rings (SSSR count). The van der Waals surface area contributed by atoms with Gasteiger partial charge in [0.15, 0.2) is 0 Å². The first-order valence-corrected chi connectivity index (χ1v) is 9.54. The van der Waals surface area contributed by atoms with Gasteiger partial charge in [-0.1, -0.05) is 44.5 Å². The summed E-state index contributed by atoms with van der Waals surface area (Å²) in [6.07, 6.45) is 2.55. The first kappa shape index (κ1) is 18.9. The van der Waals surface area contributed by atoms with Crippen molar-refractivity contribution in [2.45, 2.75) is 66.2 Å². The Balaban J connectivity index is 1.96. The molecule has 2 heterocycles. The van der Waals surface area contributed by atoms with Gasteiger partial charge in [-0.05, 0) is 43.7 Å². The van der Waals surface area contributed by atoms with Crippen molar-refractivity contribution in [3.05, 3.63) is 34.9 Å². The van der Waals surface area contributed by atoms with Crippen molar-refractivity contribution in [3.63, 3.8) is 0 Å². The van der Waals surface area contributed by atoms with Gasteiger partial charge in [0.05, 0.1) is 12.6 Å². The number of ether oxygens (including phenoxy) is 1. The molecule has 1 saturated heterocycles. The van der Waals surface area contributed by atoms with Crippen molar-refractivity contribution in [1.29, 1.82) is 0 Å². The molecule has 0 spiro atoms. The van der Waals surface area contributed by atoms with Crippen LogP contribution in [-0.2, 0) is 9.53 Å². The molecule has 0 aliphatic carbocycles. The van der Waals surface area contributed by atoms with Crippen LogP contribution in [0.15, 0.2) is 23.3 Å². The molecule has 4 unspecified atom stereocenters. The zero-order valence-corrected chi connectivity index (χ0v) is 16.7. The Morgan fingerprint density at radius 2 is 2.08 bits per heavy atom. The highest BCUT2D eigenvalue weighted by Crippen LogP contribution is 2.41. The maximum absolute atomic E-state index is 12.4. The second-order valence-corrected chi connectivity index (χ2v) is 8.56. The number of aryl methyl sites for hydroxylation is 2. The van der Waals surface area contributed by atoms with E-state index in [9.17, 15) is 4.79 Å². The van der Waals surface area contributed by atoms with Gasteiger partial charge in [0, 0.05) is 12.3 Å². The summed E-state index contributed by atoms with van der Waals surface area (Å²) in [6, 6.07) is 7.04. The second kappa shape index (κ2) is 7.03. The molecule has 2 aliphatic heterocycles. The number of nitrogens with one attached hydrogen (secondary N) is 1. The third-order valence-corrected chi connectivity index (χ3v) is 5.52. The lowest BCUT2D eigenvalue weighted by Crippen LogP contribution is -2.60.